The number of ether oxygens (including phenoxy) is 1. The Morgan fingerprint density at radius 3 is 2.47 bits per heavy atom. The summed E-state index contributed by atoms with van der Waals surface area (Å²) in [6.07, 6.45) is 5.71. The lowest BCUT2D eigenvalue weighted by atomic mass is 9.94. The van der Waals surface area contributed by atoms with Gasteiger partial charge in [0.1, 0.15) is 5.60 Å². The number of benzene rings is 1. The third-order valence-corrected chi connectivity index (χ3v) is 7.24. The maximum absolute atomic E-state index is 13.5. The molecule has 3 heterocycles. The molecule has 7 heteroatoms. The molecule has 0 radical (unpaired) electrons. The zero-order valence-corrected chi connectivity index (χ0v) is 19.7. The largest absolute Gasteiger partial charge is 0.444 e. The molecule has 0 spiro atoms. The molecule has 2 aliphatic heterocycles. The van der Waals surface area contributed by atoms with Crippen molar-refractivity contribution < 1.29 is 14.3 Å². The molecule has 1 aliphatic carbocycles. The molecule has 6 nitrogen and oxygen atoms in total. The van der Waals surface area contributed by atoms with Gasteiger partial charge in [-0.1, -0.05) is 17.7 Å². The highest BCUT2D eigenvalue weighted by Crippen LogP contribution is 2.35. The van der Waals surface area contributed by atoms with Gasteiger partial charge in [0.05, 0.1) is 22.6 Å². The van der Waals surface area contributed by atoms with Crippen molar-refractivity contribution in [3.8, 4) is 0 Å². The fraction of sp³-hybridized carbons (Fsp3) is 0.560. The highest BCUT2D eigenvalue weighted by Gasteiger charge is 2.44. The molecule has 5 rings (SSSR count). The second kappa shape index (κ2) is 7.91. The van der Waals surface area contributed by atoms with Crippen LogP contribution in [0.25, 0.3) is 10.9 Å². The summed E-state index contributed by atoms with van der Waals surface area (Å²) in [5.41, 5.74) is 3.15. The van der Waals surface area contributed by atoms with Crippen LogP contribution in [0.2, 0.25) is 5.02 Å². The van der Waals surface area contributed by atoms with Crippen molar-refractivity contribution in [1.29, 1.82) is 0 Å². The van der Waals surface area contributed by atoms with E-state index in [1.54, 1.807) is 4.90 Å². The van der Waals surface area contributed by atoms with Crippen molar-refractivity contribution in [1.82, 2.24) is 14.8 Å². The molecule has 1 aromatic carbocycles. The molecular formula is C25H30ClN3O3. The monoisotopic (exact) mass is 455 g/mol. The van der Waals surface area contributed by atoms with Crippen LogP contribution < -0.4 is 0 Å². The minimum Gasteiger partial charge on any atom is -0.444 e. The predicted molar refractivity (Wildman–Crippen MR) is 124 cm³/mol. The molecule has 2 fully saturated rings. The van der Waals surface area contributed by atoms with Gasteiger partial charge >= 0.3 is 6.09 Å². The maximum atomic E-state index is 13.5. The molecule has 0 N–H and O–H groups in total. The lowest BCUT2D eigenvalue weighted by Crippen LogP contribution is -2.57. The van der Waals surface area contributed by atoms with Gasteiger partial charge in [-0.15, -0.1) is 0 Å². The number of aromatic nitrogens is 1. The van der Waals surface area contributed by atoms with Crippen LogP contribution in [0.5, 0.6) is 0 Å². The normalized spacial score (nSPS) is 22.8. The van der Waals surface area contributed by atoms with Gasteiger partial charge in [-0.25, -0.2) is 4.79 Å². The van der Waals surface area contributed by atoms with E-state index < -0.39 is 5.60 Å². The maximum Gasteiger partial charge on any atom is 0.410 e. The Morgan fingerprint density at radius 1 is 1.09 bits per heavy atom. The van der Waals surface area contributed by atoms with E-state index in [2.05, 4.69) is 0 Å². The molecule has 2 bridgehead atoms. The first-order chi connectivity index (χ1) is 15.2. The number of hydrogen-bond donors (Lipinski definition) is 0. The smallest absolute Gasteiger partial charge is 0.410 e. The van der Waals surface area contributed by atoms with Gasteiger partial charge in [-0.2, -0.15) is 0 Å². The number of hydrogen-bond acceptors (Lipinski definition) is 4. The summed E-state index contributed by atoms with van der Waals surface area (Å²) in [4.78, 5) is 34.7. The van der Waals surface area contributed by atoms with Gasteiger partial charge in [0, 0.05) is 29.7 Å². The van der Waals surface area contributed by atoms with Gasteiger partial charge in [-0.3, -0.25) is 9.78 Å². The molecule has 170 valence electrons. The lowest BCUT2D eigenvalue weighted by molar-refractivity contribution is 0.00241. The van der Waals surface area contributed by atoms with Crippen molar-refractivity contribution >= 4 is 34.5 Å². The van der Waals surface area contributed by atoms with E-state index in [4.69, 9.17) is 21.3 Å². The van der Waals surface area contributed by atoms with E-state index in [-0.39, 0.29) is 24.1 Å². The molecule has 2 atom stereocenters. The Hall–Kier alpha value is -2.34. The molecule has 2 saturated heterocycles. The number of halogens is 1. The first-order valence-electron chi connectivity index (χ1n) is 11.6. The number of amides is 2. The standard InChI is InChI=1S/C25H30ClN3O3/c1-25(2,3)32-24(31)28-13-16-9-10-17(14-28)29(16)23(30)15-8-11-19-21(12-15)27-20-7-5-4-6-18(20)22(19)26/h8,11-12,16-17H,4-7,9-10,13-14H2,1-3H3. The fourth-order valence-electron chi connectivity index (χ4n) is 5.36. The van der Waals surface area contributed by atoms with E-state index in [9.17, 15) is 9.59 Å². The van der Waals surface area contributed by atoms with Crippen molar-refractivity contribution in [3.63, 3.8) is 0 Å². The third-order valence-electron chi connectivity index (χ3n) is 6.81. The van der Waals surface area contributed by atoms with Crippen molar-refractivity contribution in [3.05, 3.63) is 40.0 Å². The average molecular weight is 456 g/mol. The summed E-state index contributed by atoms with van der Waals surface area (Å²) in [5, 5.41) is 1.70. The van der Waals surface area contributed by atoms with Crippen molar-refractivity contribution in [2.24, 2.45) is 0 Å². The Kier molecular flexibility index (Phi) is 5.31. The molecule has 2 amide bonds. The Balaban J connectivity index is 1.38. The SMILES string of the molecule is CC(C)(C)OC(=O)N1CC2CCC(C1)N2C(=O)c1ccc2c(Cl)c3c(nc2c1)CCCC3. The zero-order valence-electron chi connectivity index (χ0n) is 19.0. The van der Waals surface area contributed by atoms with Crippen LogP contribution in [-0.2, 0) is 17.6 Å². The Labute approximate surface area is 193 Å². The predicted octanol–water partition coefficient (Wildman–Crippen LogP) is 4.99. The van der Waals surface area contributed by atoms with Gasteiger partial charge in [0.25, 0.3) is 5.91 Å². The summed E-state index contributed by atoms with van der Waals surface area (Å²) in [7, 11) is 0. The second-order valence-corrected chi connectivity index (χ2v) is 10.7. The summed E-state index contributed by atoms with van der Waals surface area (Å²) in [5.74, 6) is 0.0129. The minimum atomic E-state index is -0.526. The third kappa shape index (κ3) is 3.83. The van der Waals surface area contributed by atoms with Crippen LogP contribution in [-0.4, -0.2) is 57.6 Å². The highest BCUT2D eigenvalue weighted by atomic mass is 35.5. The number of piperazine rings is 1. The summed E-state index contributed by atoms with van der Waals surface area (Å²) < 4.78 is 5.55. The number of carbonyl (C=O) groups excluding carboxylic acids is 2. The molecule has 3 aliphatic rings. The van der Waals surface area contributed by atoms with E-state index in [1.807, 2.05) is 43.9 Å². The Bertz CT molecular complexity index is 1080. The summed E-state index contributed by atoms with van der Waals surface area (Å²) in [6.45, 7) is 6.65. The summed E-state index contributed by atoms with van der Waals surface area (Å²) in [6, 6.07) is 5.73. The number of rotatable bonds is 1. The Morgan fingerprint density at radius 2 is 1.78 bits per heavy atom. The van der Waals surface area contributed by atoms with E-state index in [0.29, 0.717) is 18.7 Å². The van der Waals surface area contributed by atoms with Gasteiger partial charge < -0.3 is 14.5 Å². The van der Waals surface area contributed by atoms with Crippen LogP contribution in [0.1, 0.15) is 68.1 Å². The van der Waals surface area contributed by atoms with Gasteiger partial charge in [0.2, 0.25) is 0 Å². The van der Waals surface area contributed by atoms with E-state index in [1.165, 1.54) is 5.56 Å². The molecule has 2 unspecified atom stereocenters. The van der Waals surface area contributed by atoms with Gasteiger partial charge in [0.15, 0.2) is 0 Å². The fourth-order valence-corrected chi connectivity index (χ4v) is 5.72. The first kappa shape index (κ1) is 21.5. The van der Waals surface area contributed by atoms with Crippen molar-refractivity contribution in [2.45, 2.75) is 77.0 Å². The number of pyridine rings is 1. The average Bonchev–Trinajstić information content (AvgIpc) is 3.00. The number of aryl methyl sites for hydroxylation is 1. The minimum absolute atomic E-state index is 0.0129. The number of likely N-dealkylation sites (tertiary alicyclic amines) is 1. The number of nitrogens with zero attached hydrogens (tertiary/aromatic N) is 3. The lowest BCUT2D eigenvalue weighted by Gasteiger charge is -2.41. The van der Waals surface area contributed by atoms with Crippen LogP contribution in [0.3, 0.4) is 0 Å². The van der Waals surface area contributed by atoms with Crippen LogP contribution in [0.4, 0.5) is 4.79 Å². The van der Waals surface area contributed by atoms with E-state index in [0.717, 1.165) is 60.1 Å². The van der Waals surface area contributed by atoms with Gasteiger partial charge in [-0.05, 0) is 77.0 Å². The van der Waals surface area contributed by atoms with Crippen molar-refractivity contribution in [2.75, 3.05) is 13.1 Å². The van der Waals surface area contributed by atoms with Crippen LogP contribution in [0, 0.1) is 0 Å². The molecule has 2 aromatic rings. The summed E-state index contributed by atoms with van der Waals surface area (Å²) >= 11 is 6.70. The molecule has 0 saturated carbocycles. The highest BCUT2D eigenvalue weighted by molar-refractivity contribution is 6.36. The van der Waals surface area contributed by atoms with E-state index >= 15 is 0 Å². The number of fused-ring (bicyclic) bond motifs is 4. The van der Waals surface area contributed by atoms with Crippen LogP contribution >= 0.6 is 11.6 Å². The quantitative estimate of drug-likeness (QED) is 0.607. The molecular weight excluding hydrogens is 426 g/mol. The second-order valence-electron chi connectivity index (χ2n) is 10.3. The first-order valence-corrected chi connectivity index (χ1v) is 12.0. The topological polar surface area (TPSA) is 62.7 Å². The molecule has 1 aromatic heterocycles. The van der Waals surface area contributed by atoms with Crippen LogP contribution in [0.15, 0.2) is 18.2 Å². The molecule has 32 heavy (non-hydrogen) atoms. The zero-order chi connectivity index (χ0) is 22.6. The number of carbonyl (C=O) groups is 2.